The molecule has 2 N–H and O–H groups in total. The van der Waals surface area contributed by atoms with Gasteiger partial charge in [-0.05, 0) is 24.8 Å². The smallest absolute Gasteiger partial charge is 0.216 e. The Morgan fingerprint density at radius 2 is 2.26 bits per heavy atom. The van der Waals surface area contributed by atoms with E-state index >= 15 is 0 Å². The Bertz CT molecular complexity index is 622. The number of rotatable bonds is 4. The van der Waals surface area contributed by atoms with Gasteiger partial charge in [0.05, 0.1) is 5.39 Å². The summed E-state index contributed by atoms with van der Waals surface area (Å²) in [6.07, 6.45) is 5.14. The van der Waals surface area contributed by atoms with Crippen LogP contribution in [0.25, 0.3) is 10.2 Å². The molecule has 1 aliphatic carbocycles. The highest BCUT2D eigenvalue weighted by molar-refractivity contribution is 7.19. The Morgan fingerprint density at radius 3 is 3.11 bits per heavy atom. The normalized spacial score (nSPS) is 13.5. The van der Waals surface area contributed by atoms with Gasteiger partial charge >= 0.3 is 0 Å². The molecule has 0 aromatic carbocycles. The summed E-state index contributed by atoms with van der Waals surface area (Å²) in [5.74, 6) is 0.890. The number of hydrogen-bond acceptors (Lipinski definition) is 5. The fraction of sp³-hybridized carbons (Fsp3) is 0.462. The van der Waals surface area contributed by atoms with E-state index in [9.17, 15) is 4.79 Å². The Hall–Kier alpha value is -1.69. The van der Waals surface area contributed by atoms with Crippen molar-refractivity contribution in [2.75, 3.05) is 18.4 Å². The molecule has 0 spiro atoms. The molecule has 0 aliphatic heterocycles. The van der Waals surface area contributed by atoms with Gasteiger partial charge in [-0.15, -0.1) is 11.3 Å². The van der Waals surface area contributed by atoms with E-state index in [0.29, 0.717) is 13.1 Å². The lowest BCUT2D eigenvalue weighted by Crippen LogP contribution is -2.26. The first-order valence-corrected chi connectivity index (χ1v) is 7.31. The summed E-state index contributed by atoms with van der Waals surface area (Å²) in [4.78, 5) is 22.1. The molecule has 0 saturated carbocycles. The van der Waals surface area contributed by atoms with Crippen LogP contribution in [0.5, 0.6) is 0 Å². The van der Waals surface area contributed by atoms with Gasteiger partial charge in [0.15, 0.2) is 0 Å². The van der Waals surface area contributed by atoms with Crippen molar-refractivity contribution < 1.29 is 4.79 Å². The summed E-state index contributed by atoms with van der Waals surface area (Å²) < 4.78 is 0. The summed E-state index contributed by atoms with van der Waals surface area (Å²) in [5.41, 5.74) is 1.42. The van der Waals surface area contributed by atoms with Crippen molar-refractivity contribution in [1.82, 2.24) is 15.3 Å². The highest BCUT2D eigenvalue weighted by Crippen LogP contribution is 2.38. The number of carbonyl (C=O) groups is 1. The summed E-state index contributed by atoms with van der Waals surface area (Å²) in [6.45, 7) is 2.80. The maximum atomic E-state index is 10.8. The molecule has 0 radical (unpaired) electrons. The minimum atomic E-state index is -0.00828. The van der Waals surface area contributed by atoms with Crippen molar-refractivity contribution in [2.24, 2.45) is 0 Å². The number of thiophene rings is 1. The van der Waals surface area contributed by atoms with Crippen molar-refractivity contribution in [1.29, 1.82) is 0 Å². The van der Waals surface area contributed by atoms with Gasteiger partial charge in [-0.25, -0.2) is 9.97 Å². The van der Waals surface area contributed by atoms with Crippen LogP contribution in [-0.4, -0.2) is 29.0 Å². The van der Waals surface area contributed by atoms with Crippen LogP contribution in [0.2, 0.25) is 0 Å². The summed E-state index contributed by atoms with van der Waals surface area (Å²) in [6, 6.07) is 0. The van der Waals surface area contributed by atoms with E-state index in [4.69, 9.17) is 0 Å². The number of nitrogens with zero attached hydrogens (tertiary/aromatic N) is 2. The lowest BCUT2D eigenvalue weighted by atomic mass is 10.2. The molecule has 0 fully saturated rings. The average Bonchev–Trinajstić information content (AvgIpc) is 2.94. The lowest BCUT2D eigenvalue weighted by molar-refractivity contribution is -0.118. The highest BCUT2D eigenvalue weighted by atomic mass is 32.1. The quantitative estimate of drug-likeness (QED) is 0.835. The summed E-state index contributed by atoms with van der Waals surface area (Å²) >= 11 is 1.78. The van der Waals surface area contributed by atoms with Crippen molar-refractivity contribution in [2.45, 2.75) is 26.2 Å². The van der Waals surface area contributed by atoms with E-state index in [1.807, 2.05) is 0 Å². The number of amides is 1. The third kappa shape index (κ3) is 2.40. The zero-order valence-corrected chi connectivity index (χ0v) is 11.6. The predicted molar refractivity (Wildman–Crippen MR) is 76.6 cm³/mol. The number of nitrogens with one attached hydrogen (secondary N) is 2. The van der Waals surface area contributed by atoms with Gasteiger partial charge in [0.25, 0.3) is 0 Å². The second kappa shape index (κ2) is 5.13. The highest BCUT2D eigenvalue weighted by Gasteiger charge is 2.20. The first-order valence-electron chi connectivity index (χ1n) is 6.49. The number of carbonyl (C=O) groups excluding carboxylic acids is 1. The number of aryl methyl sites for hydroxylation is 2. The van der Waals surface area contributed by atoms with Crippen LogP contribution in [0.4, 0.5) is 5.82 Å². The SMILES string of the molecule is CC(=O)NCCNc1ncnc2sc3c(c12)CCC3. The van der Waals surface area contributed by atoms with Gasteiger partial charge in [0, 0.05) is 24.9 Å². The fourth-order valence-electron chi connectivity index (χ4n) is 2.48. The second-order valence-corrected chi connectivity index (χ2v) is 5.75. The predicted octanol–water partition coefficient (Wildman–Crippen LogP) is 1.73. The summed E-state index contributed by atoms with van der Waals surface area (Å²) in [7, 11) is 0. The zero-order valence-electron chi connectivity index (χ0n) is 10.8. The van der Waals surface area contributed by atoms with E-state index < -0.39 is 0 Å². The van der Waals surface area contributed by atoms with Crippen LogP contribution >= 0.6 is 11.3 Å². The second-order valence-electron chi connectivity index (χ2n) is 4.67. The number of hydrogen-bond donors (Lipinski definition) is 2. The van der Waals surface area contributed by atoms with Crippen LogP contribution in [0.1, 0.15) is 23.8 Å². The Morgan fingerprint density at radius 1 is 1.37 bits per heavy atom. The molecule has 5 nitrogen and oxygen atoms in total. The number of aromatic nitrogens is 2. The molecule has 100 valence electrons. The van der Waals surface area contributed by atoms with Gasteiger partial charge in [-0.1, -0.05) is 0 Å². The third-order valence-corrected chi connectivity index (χ3v) is 4.49. The number of fused-ring (bicyclic) bond motifs is 3. The maximum Gasteiger partial charge on any atom is 0.216 e. The van der Waals surface area contributed by atoms with Gasteiger partial charge in [-0.2, -0.15) is 0 Å². The molecule has 19 heavy (non-hydrogen) atoms. The molecular formula is C13H16N4OS. The molecule has 2 aromatic rings. The van der Waals surface area contributed by atoms with E-state index in [2.05, 4.69) is 20.6 Å². The lowest BCUT2D eigenvalue weighted by Gasteiger charge is -2.07. The van der Waals surface area contributed by atoms with Crippen LogP contribution in [-0.2, 0) is 17.6 Å². The maximum absolute atomic E-state index is 10.8. The first-order chi connectivity index (χ1) is 9.25. The first kappa shape index (κ1) is 12.3. The van der Waals surface area contributed by atoms with E-state index in [1.165, 1.54) is 35.6 Å². The molecule has 1 amide bonds. The van der Waals surface area contributed by atoms with Crippen molar-refractivity contribution in [3.05, 3.63) is 16.8 Å². The van der Waals surface area contributed by atoms with Gasteiger partial charge in [-0.3, -0.25) is 4.79 Å². The molecule has 6 heteroatoms. The van der Waals surface area contributed by atoms with Crippen molar-refractivity contribution >= 4 is 33.3 Å². The van der Waals surface area contributed by atoms with E-state index in [-0.39, 0.29) is 5.91 Å². The standard InChI is InChI=1S/C13H16N4OS/c1-8(18)14-5-6-15-12-11-9-3-2-4-10(9)19-13(11)17-7-16-12/h7H,2-6H2,1H3,(H,14,18)(H,15,16,17). The van der Waals surface area contributed by atoms with Gasteiger partial charge < -0.3 is 10.6 Å². The van der Waals surface area contributed by atoms with Gasteiger partial charge in [0.2, 0.25) is 5.91 Å². The fourth-order valence-corrected chi connectivity index (χ4v) is 3.71. The molecule has 1 aliphatic rings. The third-order valence-electron chi connectivity index (χ3n) is 3.29. The Kier molecular flexibility index (Phi) is 3.33. The molecule has 0 saturated heterocycles. The Labute approximate surface area is 115 Å². The van der Waals surface area contributed by atoms with E-state index in [1.54, 1.807) is 17.7 Å². The molecule has 0 atom stereocenters. The molecule has 2 heterocycles. The number of anilines is 1. The van der Waals surface area contributed by atoms with Crippen LogP contribution in [0.3, 0.4) is 0 Å². The van der Waals surface area contributed by atoms with E-state index in [0.717, 1.165) is 17.1 Å². The summed E-state index contributed by atoms with van der Waals surface area (Å²) in [5, 5.41) is 7.25. The minimum Gasteiger partial charge on any atom is -0.368 e. The molecule has 2 aromatic heterocycles. The molecule has 0 bridgehead atoms. The van der Waals surface area contributed by atoms with Crippen molar-refractivity contribution in [3.63, 3.8) is 0 Å². The molecular weight excluding hydrogens is 260 g/mol. The zero-order chi connectivity index (χ0) is 13.2. The molecule has 3 rings (SSSR count). The van der Waals surface area contributed by atoms with Crippen molar-refractivity contribution in [3.8, 4) is 0 Å². The Balaban J connectivity index is 1.81. The monoisotopic (exact) mass is 276 g/mol. The van der Waals surface area contributed by atoms with Gasteiger partial charge in [0.1, 0.15) is 17.0 Å². The average molecular weight is 276 g/mol. The van der Waals surface area contributed by atoms with Crippen LogP contribution < -0.4 is 10.6 Å². The van der Waals surface area contributed by atoms with Crippen LogP contribution in [0, 0.1) is 0 Å². The topological polar surface area (TPSA) is 66.9 Å². The minimum absolute atomic E-state index is 0.00828. The van der Waals surface area contributed by atoms with Crippen LogP contribution in [0.15, 0.2) is 6.33 Å². The molecule has 0 unspecified atom stereocenters. The largest absolute Gasteiger partial charge is 0.368 e.